The molecule has 0 radical (unpaired) electrons. The van der Waals surface area contributed by atoms with Crippen LogP contribution in [0.2, 0.25) is 5.02 Å². The molecular weight excluding hydrogens is 332 g/mol. The van der Waals surface area contributed by atoms with E-state index in [1.165, 1.54) is 20.2 Å². The third-order valence-corrected chi connectivity index (χ3v) is 4.40. The number of likely N-dealkylation sites (tertiary alicyclic amines) is 1. The largest absolute Gasteiger partial charge is 0.468 e. The summed E-state index contributed by atoms with van der Waals surface area (Å²) in [5.41, 5.74) is 1.20. The lowest BCUT2D eigenvalue weighted by atomic mass is 9.96. The number of aliphatic hydroxyl groups is 1. The fourth-order valence-electron chi connectivity index (χ4n) is 2.78. The monoisotopic (exact) mass is 352 g/mol. The van der Waals surface area contributed by atoms with Gasteiger partial charge in [-0.1, -0.05) is 29.8 Å². The first kappa shape index (κ1) is 18.4. The zero-order valence-corrected chi connectivity index (χ0v) is 14.4. The van der Waals surface area contributed by atoms with Crippen LogP contribution in [0.15, 0.2) is 35.9 Å². The molecule has 0 saturated carbocycles. The Labute approximate surface area is 146 Å². The second-order valence-corrected chi connectivity index (χ2v) is 5.96. The number of benzene rings is 1. The number of amides is 1. The quantitative estimate of drug-likeness (QED) is 0.630. The average molecular weight is 353 g/mol. The van der Waals surface area contributed by atoms with Crippen molar-refractivity contribution in [2.75, 3.05) is 27.2 Å². The average Bonchev–Trinajstić information content (AvgIpc) is 2.59. The maximum Gasteiger partial charge on any atom is 0.327 e. The number of rotatable bonds is 4. The first-order valence-electron chi connectivity index (χ1n) is 7.64. The maximum absolute atomic E-state index is 12.3. The van der Waals surface area contributed by atoms with Crippen molar-refractivity contribution in [3.8, 4) is 0 Å². The van der Waals surface area contributed by atoms with Crippen LogP contribution in [0.25, 0.3) is 0 Å². The summed E-state index contributed by atoms with van der Waals surface area (Å²) in [5.74, 6) is -0.725. The molecule has 6 nitrogen and oxygen atoms in total. The van der Waals surface area contributed by atoms with Crippen molar-refractivity contribution < 1.29 is 19.4 Å². The Bertz CT molecular complexity index is 647. The van der Waals surface area contributed by atoms with E-state index in [9.17, 15) is 14.7 Å². The number of esters is 1. The summed E-state index contributed by atoms with van der Waals surface area (Å²) in [4.78, 5) is 25.8. The Balaban J connectivity index is 2.34. The highest BCUT2D eigenvalue weighted by molar-refractivity contribution is 6.31. The van der Waals surface area contributed by atoms with E-state index in [0.29, 0.717) is 29.1 Å². The lowest BCUT2D eigenvalue weighted by Crippen LogP contribution is -2.43. The highest BCUT2D eigenvalue weighted by Gasteiger charge is 2.34. The number of hydrogen-bond donors (Lipinski definition) is 2. The van der Waals surface area contributed by atoms with Crippen LogP contribution in [0.5, 0.6) is 0 Å². The predicted octanol–water partition coefficient (Wildman–Crippen LogP) is 1.29. The number of aliphatic hydroxyl groups excluding tert-OH is 1. The Kier molecular flexibility index (Phi) is 6.36. The summed E-state index contributed by atoms with van der Waals surface area (Å²) in [6.45, 7) is 0.761. The van der Waals surface area contributed by atoms with Gasteiger partial charge in [-0.15, -0.1) is 0 Å². The zero-order chi connectivity index (χ0) is 17.7. The van der Waals surface area contributed by atoms with Gasteiger partial charge in [-0.05, 0) is 23.6 Å². The lowest BCUT2D eigenvalue weighted by molar-refractivity contribution is -0.147. The smallest absolute Gasteiger partial charge is 0.327 e. The molecule has 1 heterocycles. The molecule has 1 amide bonds. The highest BCUT2D eigenvalue weighted by atomic mass is 35.5. The van der Waals surface area contributed by atoms with Crippen LogP contribution in [0.4, 0.5) is 0 Å². The second kappa shape index (κ2) is 8.28. The first-order valence-corrected chi connectivity index (χ1v) is 8.02. The minimum atomic E-state index is -0.705. The van der Waals surface area contributed by atoms with E-state index in [2.05, 4.69) is 5.32 Å². The summed E-state index contributed by atoms with van der Waals surface area (Å²) in [5, 5.41) is 13.1. The first-order chi connectivity index (χ1) is 11.5. The van der Waals surface area contributed by atoms with Crippen molar-refractivity contribution in [1.29, 1.82) is 0 Å². The van der Waals surface area contributed by atoms with Gasteiger partial charge >= 0.3 is 5.97 Å². The Hall–Kier alpha value is -1.89. The number of carbonyl (C=O) groups is 2. The minimum absolute atomic E-state index is 0.277. The molecule has 2 unspecified atom stereocenters. The maximum atomic E-state index is 12.3. The fraction of sp³-hybridized carbons (Fsp3) is 0.412. The predicted molar refractivity (Wildman–Crippen MR) is 90.6 cm³/mol. The number of carbonyl (C=O) groups excluding carboxylic acids is 2. The molecule has 1 fully saturated rings. The molecule has 24 heavy (non-hydrogen) atoms. The van der Waals surface area contributed by atoms with Crippen molar-refractivity contribution in [3.05, 3.63) is 46.5 Å². The van der Waals surface area contributed by atoms with Gasteiger partial charge in [-0.25, -0.2) is 4.79 Å². The molecule has 1 aromatic carbocycles. The summed E-state index contributed by atoms with van der Waals surface area (Å²) < 4.78 is 4.94. The van der Waals surface area contributed by atoms with E-state index in [1.54, 1.807) is 24.3 Å². The summed E-state index contributed by atoms with van der Waals surface area (Å²) in [7, 11) is 2.85. The number of piperidine rings is 1. The number of hydrogen-bond acceptors (Lipinski definition) is 5. The Morgan fingerprint density at radius 1 is 1.46 bits per heavy atom. The number of methoxy groups -OCH3 is 1. The van der Waals surface area contributed by atoms with Gasteiger partial charge in [0.2, 0.25) is 5.91 Å². The van der Waals surface area contributed by atoms with Gasteiger partial charge in [0.1, 0.15) is 6.04 Å². The van der Waals surface area contributed by atoms with Crippen LogP contribution < -0.4 is 5.32 Å². The molecule has 2 rings (SSSR count). The molecule has 7 heteroatoms. The van der Waals surface area contributed by atoms with E-state index in [4.69, 9.17) is 16.3 Å². The van der Waals surface area contributed by atoms with Gasteiger partial charge in [0.15, 0.2) is 0 Å². The van der Waals surface area contributed by atoms with Gasteiger partial charge in [-0.2, -0.15) is 0 Å². The molecule has 1 aliphatic heterocycles. The Morgan fingerprint density at radius 3 is 2.79 bits per heavy atom. The third kappa shape index (κ3) is 4.14. The molecule has 0 aliphatic carbocycles. The van der Waals surface area contributed by atoms with E-state index in [-0.39, 0.29) is 12.5 Å². The number of nitrogens with zero attached hydrogens (tertiary/aromatic N) is 1. The number of nitrogens with one attached hydrogen (secondary N) is 1. The molecule has 0 aromatic heterocycles. The molecule has 2 N–H and O–H groups in total. The van der Waals surface area contributed by atoms with Crippen LogP contribution in [0, 0.1) is 0 Å². The molecule has 0 bridgehead atoms. The van der Waals surface area contributed by atoms with Gasteiger partial charge in [-0.3, -0.25) is 9.69 Å². The lowest BCUT2D eigenvalue weighted by Gasteiger charge is -2.36. The fourth-order valence-corrected chi connectivity index (χ4v) is 3.02. The zero-order valence-electron chi connectivity index (χ0n) is 13.7. The van der Waals surface area contributed by atoms with E-state index in [0.717, 1.165) is 0 Å². The SMILES string of the molecule is CNC(=O)/C=C1\CN(C(C(=O)OC)c2ccccc2Cl)CCC1O. The van der Waals surface area contributed by atoms with Crippen molar-refractivity contribution in [1.82, 2.24) is 10.2 Å². The topological polar surface area (TPSA) is 78.9 Å². The van der Waals surface area contributed by atoms with Gasteiger partial charge in [0.25, 0.3) is 0 Å². The number of halogens is 1. The minimum Gasteiger partial charge on any atom is -0.468 e. The summed E-state index contributed by atoms with van der Waals surface area (Å²) in [6.07, 6.45) is 1.08. The van der Waals surface area contributed by atoms with E-state index < -0.39 is 18.1 Å². The molecule has 1 aromatic rings. The van der Waals surface area contributed by atoms with Crippen molar-refractivity contribution >= 4 is 23.5 Å². The van der Waals surface area contributed by atoms with E-state index in [1.807, 2.05) is 4.90 Å². The van der Waals surface area contributed by atoms with Crippen molar-refractivity contribution in [2.45, 2.75) is 18.6 Å². The van der Waals surface area contributed by atoms with Gasteiger partial charge in [0, 0.05) is 31.2 Å². The van der Waals surface area contributed by atoms with Crippen molar-refractivity contribution in [2.24, 2.45) is 0 Å². The summed E-state index contributed by atoms with van der Waals surface area (Å²) >= 11 is 6.25. The van der Waals surface area contributed by atoms with E-state index >= 15 is 0 Å². The van der Waals surface area contributed by atoms with Crippen LogP contribution in [-0.2, 0) is 14.3 Å². The molecule has 0 spiro atoms. The third-order valence-electron chi connectivity index (χ3n) is 4.06. The van der Waals surface area contributed by atoms with Crippen LogP contribution in [-0.4, -0.2) is 55.2 Å². The number of ether oxygens (including phenoxy) is 1. The normalized spacial score (nSPS) is 21.3. The van der Waals surface area contributed by atoms with Crippen LogP contribution in [0.1, 0.15) is 18.0 Å². The number of likely N-dealkylation sites (N-methyl/N-ethyl adjacent to an activating group) is 1. The van der Waals surface area contributed by atoms with Gasteiger partial charge < -0.3 is 15.2 Å². The molecular formula is C17H21ClN2O4. The highest BCUT2D eigenvalue weighted by Crippen LogP contribution is 2.32. The molecule has 1 saturated heterocycles. The molecule has 130 valence electrons. The Morgan fingerprint density at radius 2 is 2.17 bits per heavy atom. The molecule has 2 atom stereocenters. The van der Waals surface area contributed by atoms with Gasteiger partial charge in [0.05, 0.1) is 13.2 Å². The standard InChI is InChI=1S/C17H21ClN2O4/c1-19-15(22)9-11-10-20(8-7-14(11)21)16(17(23)24-2)12-5-3-4-6-13(12)18/h3-6,9,14,16,21H,7-8,10H2,1-2H3,(H,19,22)/b11-9+. The van der Waals surface area contributed by atoms with Crippen LogP contribution in [0.3, 0.4) is 0 Å². The van der Waals surface area contributed by atoms with Crippen LogP contribution >= 0.6 is 11.6 Å². The molecule has 1 aliphatic rings. The summed E-state index contributed by atoms with van der Waals surface area (Å²) in [6, 6.07) is 6.39. The second-order valence-electron chi connectivity index (χ2n) is 5.56. The van der Waals surface area contributed by atoms with Crippen molar-refractivity contribution in [3.63, 3.8) is 0 Å².